The SMILES string of the molecule is CC(=O)N1CCN(Cc2cc3ccc(C)c(C)c3[nH]c2=O)CC1. The maximum absolute atomic E-state index is 12.4. The fourth-order valence-electron chi connectivity index (χ4n) is 3.15. The van der Waals surface area contributed by atoms with E-state index in [1.54, 1.807) is 6.92 Å². The third kappa shape index (κ3) is 3.15. The van der Waals surface area contributed by atoms with Crippen LogP contribution in [0, 0.1) is 13.8 Å². The summed E-state index contributed by atoms with van der Waals surface area (Å²) >= 11 is 0. The van der Waals surface area contributed by atoms with E-state index in [0.717, 1.165) is 48.2 Å². The number of nitrogens with zero attached hydrogens (tertiary/aromatic N) is 2. The van der Waals surface area contributed by atoms with Gasteiger partial charge >= 0.3 is 0 Å². The minimum atomic E-state index is -0.0137. The summed E-state index contributed by atoms with van der Waals surface area (Å²) in [5, 5.41) is 1.07. The Balaban J connectivity index is 1.81. The van der Waals surface area contributed by atoms with Crippen LogP contribution in [0.15, 0.2) is 23.0 Å². The third-order valence-corrected chi connectivity index (χ3v) is 4.84. The van der Waals surface area contributed by atoms with Crippen LogP contribution in [0.4, 0.5) is 0 Å². The summed E-state index contributed by atoms with van der Waals surface area (Å²) in [7, 11) is 0. The molecular weight excluding hydrogens is 290 g/mol. The zero-order valence-electron chi connectivity index (χ0n) is 14.0. The first-order chi connectivity index (χ1) is 11.0. The lowest BCUT2D eigenvalue weighted by atomic mass is 10.0. The first kappa shape index (κ1) is 15.7. The van der Waals surface area contributed by atoms with Crippen LogP contribution in [0.1, 0.15) is 23.6 Å². The maximum atomic E-state index is 12.4. The van der Waals surface area contributed by atoms with Crippen LogP contribution in [0.2, 0.25) is 0 Å². The first-order valence-electron chi connectivity index (χ1n) is 8.05. The number of rotatable bonds is 2. The Kier molecular flexibility index (Phi) is 4.22. The molecule has 5 heteroatoms. The highest BCUT2D eigenvalue weighted by Gasteiger charge is 2.19. The Bertz CT molecular complexity index is 802. The number of carbonyl (C=O) groups is 1. The summed E-state index contributed by atoms with van der Waals surface area (Å²) in [6.07, 6.45) is 0. The Hall–Kier alpha value is -2.14. The van der Waals surface area contributed by atoms with Gasteiger partial charge in [-0.05, 0) is 36.4 Å². The number of carbonyl (C=O) groups excluding carboxylic acids is 1. The highest BCUT2D eigenvalue weighted by atomic mass is 16.2. The fraction of sp³-hybridized carbons (Fsp3) is 0.444. The van der Waals surface area contributed by atoms with Gasteiger partial charge in [0.05, 0.1) is 5.52 Å². The number of hydrogen-bond acceptors (Lipinski definition) is 3. The van der Waals surface area contributed by atoms with Gasteiger partial charge in [0, 0.05) is 45.2 Å². The van der Waals surface area contributed by atoms with Crippen molar-refractivity contribution in [2.75, 3.05) is 26.2 Å². The van der Waals surface area contributed by atoms with Gasteiger partial charge in [-0.2, -0.15) is 0 Å². The predicted octanol–water partition coefficient (Wildman–Crippen LogP) is 1.81. The zero-order chi connectivity index (χ0) is 16.6. The largest absolute Gasteiger partial charge is 0.340 e. The van der Waals surface area contributed by atoms with Crippen LogP contribution in [-0.4, -0.2) is 46.9 Å². The van der Waals surface area contributed by atoms with Gasteiger partial charge in [0.15, 0.2) is 0 Å². The molecule has 0 saturated carbocycles. The van der Waals surface area contributed by atoms with Gasteiger partial charge in [0.25, 0.3) is 5.56 Å². The second-order valence-electron chi connectivity index (χ2n) is 6.38. The van der Waals surface area contributed by atoms with Crippen molar-refractivity contribution in [1.29, 1.82) is 0 Å². The van der Waals surface area contributed by atoms with Gasteiger partial charge in [0.1, 0.15) is 0 Å². The number of aromatic amines is 1. The molecule has 1 aromatic heterocycles. The van der Waals surface area contributed by atoms with E-state index >= 15 is 0 Å². The van der Waals surface area contributed by atoms with Crippen molar-refractivity contribution in [1.82, 2.24) is 14.8 Å². The molecule has 0 aliphatic carbocycles. The quantitative estimate of drug-likeness (QED) is 0.920. The van der Waals surface area contributed by atoms with E-state index in [9.17, 15) is 9.59 Å². The van der Waals surface area contributed by atoms with Crippen molar-refractivity contribution < 1.29 is 4.79 Å². The molecule has 0 unspecified atom stereocenters. The molecule has 1 amide bonds. The Morgan fingerprint density at radius 2 is 1.87 bits per heavy atom. The summed E-state index contributed by atoms with van der Waals surface area (Å²) in [4.78, 5) is 30.9. The Morgan fingerprint density at radius 1 is 1.17 bits per heavy atom. The van der Waals surface area contributed by atoms with E-state index in [-0.39, 0.29) is 11.5 Å². The van der Waals surface area contributed by atoms with Crippen molar-refractivity contribution in [3.63, 3.8) is 0 Å². The number of H-pyrrole nitrogens is 1. The monoisotopic (exact) mass is 313 g/mol. The smallest absolute Gasteiger partial charge is 0.252 e. The van der Waals surface area contributed by atoms with E-state index in [2.05, 4.69) is 28.9 Å². The molecule has 0 atom stereocenters. The summed E-state index contributed by atoms with van der Waals surface area (Å²) in [5.41, 5.74) is 4.01. The van der Waals surface area contributed by atoms with Crippen molar-refractivity contribution in [3.8, 4) is 0 Å². The number of nitrogens with one attached hydrogen (secondary N) is 1. The molecule has 5 nitrogen and oxygen atoms in total. The molecule has 1 fully saturated rings. The number of aromatic nitrogens is 1. The summed E-state index contributed by atoms with van der Waals surface area (Å²) in [6, 6.07) is 6.15. The molecule has 1 aliphatic heterocycles. The lowest BCUT2D eigenvalue weighted by Crippen LogP contribution is -2.48. The van der Waals surface area contributed by atoms with E-state index in [1.165, 1.54) is 5.56 Å². The number of benzene rings is 1. The third-order valence-electron chi connectivity index (χ3n) is 4.84. The van der Waals surface area contributed by atoms with Gasteiger partial charge in [-0.15, -0.1) is 0 Å². The summed E-state index contributed by atoms with van der Waals surface area (Å²) < 4.78 is 0. The molecule has 1 N–H and O–H groups in total. The van der Waals surface area contributed by atoms with Crippen molar-refractivity contribution in [2.24, 2.45) is 0 Å². The highest BCUT2D eigenvalue weighted by molar-refractivity contribution is 5.83. The summed E-state index contributed by atoms with van der Waals surface area (Å²) in [5.74, 6) is 0.124. The molecule has 2 aromatic rings. The Labute approximate surface area is 135 Å². The van der Waals surface area contributed by atoms with Crippen LogP contribution in [0.5, 0.6) is 0 Å². The number of aryl methyl sites for hydroxylation is 2. The molecule has 1 aliphatic rings. The molecular formula is C18H23N3O2. The van der Waals surface area contributed by atoms with Crippen LogP contribution in [0.3, 0.4) is 0 Å². The molecule has 0 bridgehead atoms. The van der Waals surface area contributed by atoms with Crippen LogP contribution < -0.4 is 5.56 Å². The highest BCUT2D eigenvalue weighted by Crippen LogP contribution is 2.19. The molecule has 1 aromatic carbocycles. The number of fused-ring (bicyclic) bond motifs is 1. The summed E-state index contributed by atoms with van der Waals surface area (Å²) in [6.45, 7) is 9.41. The zero-order valence-corrected chi connectivity index (χ0v) is 14.0. The number of amides is 1. The van der Waals surface area contributed by atoms with Crippen molar-refractivity contribution in [3.05, 3.63) is 45.2 Å². The van der Waals surface area contributed by atoms with Gasteiger partial charge in [-0.3, -0.25) is 14.5 Å². The fourth-order valence-corrected chi connectivity index (χ4v) is 3.15. The van der Waals surface area contributed by atoms with Crippen LogP contribution in [0.25, 0.3) is 10.9 Å². The average molecular weight is 313 g/mol. The van der Waals surface area contributed by atoms with E-state index in [1.807, 2.05) is 17.9 Å². The second-order valence-corrected chi connectivity index (χ2v) is 6.38. The van der Waals surface area contributed by atoms with Crippen LogP contribution >= 0.6 is 0 Å². The second kappa shape index (κ2) is 6.16. The number of piperazine rings is 1. The molecule has 2 heterocycles. The molecule has 122 valence electrons. The standard InChI is InChI=1S/C18H23N3O2/c1-12-4-5-15-10-16(18(23)19-17(15)13(12)2)11-20-6-8-21(9-7-20)14(3)22/h4-5,10H,6-9,11H2,1-3H3,(H,19,23). The van der Waals surface area contributed by atoms with Gasteiger partial charge in [0.2, 0.25) is 5.91 Å². The number of hydrogen-bond donors (Lipinski definition) is 1. The first-order valence-corrected chi connectivity index (χ1v) is 8.05. The lowest BCUT2D eigenvalue weighted by Gasteiger charge is -2.34. The van der Waals surface area contributed by atoms with Gasteiger partial charge in [-0.1, -0.05) is 12.1 Å². The van der Waals surface area contributed by atoms with E-state index < -0.39 is 0 Å². The maximum Gasteiger partial charge on any atom is 0.252 e. The van der Waals surface area contributed by atoms with E-state index in [4.69, 9.17) is 0 Å². The predicted molar refractivity (Wildman–Crippen MR) is 91.6 cm³/mol. The van der Waals surface area contributed by atoms with Crippen molar-refractivity contribution in [2.45, 2.75) is 27.3 Å². The molecule has 0 spiro atoms. The van der Waals surface area contributed by atoms with Crippen molar-refractivity contribution >= 4 is 16.8 Å². The lowest BCUT2D eigenvalue weighted by molar-refractivity contribution is -0.130. The van der Waals surface area contributed by atoms with E-state index in [0.29, 0.717) is 6.54 Å². The van der Waals surface area contributed by atoms with Crippen LogP contribution in [-0.2, 0) is 11.3 Å². The molecule has 3 rings (SSSR count). The average Bonchev–Trinajstić information content (AvgIpc) is 2.53. The minimum Gasteiger partial charge on any atom is -0.340 e. The molecule has 1 saturated heterocycles. The molecule has 23 heavy (non-hydrogen) atoms. The topological polar surface area (TPSA) is 56.4 Å². The minimum absolute atomic E-state index is 0.0137. The normalized spacial score (nSPS) is 16.0. The number of pyridine rings is 1. The Morgan fingerprint density at radius 3 is 2.52 bits per heavy atom. The molecule has 0 radical (unpaired) electrons. The van der Waals surface area contributed by atoms with Gasteiger partial charge in [-0.25, -0.2) is 0 Å². The van der Waals surface area contributed by atoms with Gasteiger partial charge < -0.3 is 9.88 Å².